The lowest BCUT2D eigenvalue weighted by Crippen LogP contribution is -2.30. The fourth-order valence-corrected chi connectivity index (χ4v) is 3.50. The van der Waals surface area contributed by atoms with Crippen molar-refractivity contribution in [1.82, 2.24) is 0 Å². The number of hydrazone groups is 1. The van der Waals surface area contributed by atoms with Gasteiger partial charge in [-0.1, -0.05) is 46.2 Å². The van der Waals surface area contributed by atoms with Gasteiger partial charge in [0.1, 0.15) is 17.2 Å². The molecule has 34 heavy (non-hydrogen) atoms. The number of benzene rings is 2. The quantitative estimate of drug-likeness (QED) is 0.272. The number of hydrogen-bond acceptors (Lipinski definition) is 6. The molecule has 0 saturated heterocycles. The van der Waals surface area contributed by atoms with Gasteiger partial charge in [-0.3, -0.25) is 4.79 Å². The summed E-state index contributed by atoms with van der Waals surface area (Å²) in [4.78, 5) is 17.8. The second-order valence-electron chi connectivity index (χ2n) is 9.48. The van der Waals surface area contributed by atoms with E-state index in [0.29, 0.717) is 28.6 Å². The Morgan fingerprint density at radius 2 is 1.82 bits per heavy atom. The van der Waals surface area contributed by atoms with Crippen LogP contribution in [0.5, 0.6) is 11.5 Å². The Kier molecular flexibility index (Phi) is 9.24. The van der Waals surface area contributed by atoms with E-state index in [1.807, 2.05) is 50.2 Å². The van der Waals surface area contributed by atoms with Crippen LogP contribution in [0.15, 0.2) is 46.5 Å². The molecule has 1 unspecified atom stereocenters. The number of nitrogens with two attached hydrogens (primary N) is 1. The number of carbonyl (C=O) groups is 1. The van der Waals surface area contributed by atoms with Gasteiger partial charge in [0.2, 0.25) is 0 Å². The monoisotopic (exact) mass is 466 g/mol. The zero-order valence-corrected chi connectivity index (χ0v) is 21.7. The number of aryl methyl sites for hydroxylation is 1. The molecule has 0 aliphatic carbocycles. The molecule has 0 spiro atoms. The predicted molar refractivity (Wildman–Crippen MR) is 141 cm³/mol. The van der Waals surface area contributed by atoms with E-state index in [2.05, 4.69) is 43.1 Å². The molecular formula is C27H38N4O3. The molecule has 2 aromatic rings. The molecule has 0 saturated carbocycles. The molecule has 0 heterocycles. The molecule has 0 aliphatic heterocycles. The Morgan fingerprint density at radius 3 is 2.41 bits per heavy atom. The van der Waals surface area contributed by atoms with Crippen LogP contribution in [-0.4, -0.2) is 30.5 Å². The smallest absolute Gasteiger partial charge is 0.278 e. The van der Waals surface area contributed by atoms with Gasteiger partial charge in [0, 0.05) is 0 Å². The van der Waals surface area contributed by atoms with Crippen LogP contribution in [0, 0.1) is 6.92 Å². The van der Waals surface area contributed by atoms with E-state index in [4.69, 9.17) is 15.3 Å². The summed E-state index contributed by atoms with van der Waals surface area (Å²) in [6.07, 6.45) is 1.93. The van der Waals surface area contributed by atoms with Gasteiger partial charge in [-0.15, -0.1) is 0 Å². The normalized spacial score (nSPS) is 13.4. The van der Waals surface area contributed by atoms with Crippen molar-refractivity contribution < 1.29 is 14.3 Å². The van der Waals surface area contributed by atoms with E-state index in [0.717, 1.165) is 24.0 Å². The van der Waals surface area contributed by atoms with Crippen LogP contribution in [0.25, 0.3) is 0 Å². The Labute approximate surface area is 203 Å². The molecule has 2 rings (SSSR count). The lowest BCUT2D eigenvalue weighted by Gasteiger charge is -2.23. The third-order valence-corrected chi connectivity index (χ3v) is 5.43. The Hall–Kier alpha value is -3.35. The fraction of sp³-hybridized carbons (Fsp3) is 0.444. The zero-order chi connectivity index (χ0) is 25.5. The summed E-state index contributed by atoms with van der Waals surface area (Å²) < 4.78 is 11.5. The highest BCUT2D eigenvalue weighted by molar-refractivity contribution is 6.68. The summed E-state index contributed by atoms with van der Waals surface area (Å²) in [5.74, 6) is 6.36. The summed E-state index contributed by atoms with van der Waals surface area (Å²) >= 11 is 0. The van der Waals surface area contributed by atoms with Crippen LogP contribution in [0.3, 0.4) is 0 Å². The molecule has 184 valence electrons. The van der Waals surface area contributed by atoms with E-state index in [1.54, 1.807) is 14.0 Å². The largest absolute Gasteiger partial charge is 0.494 e. The molecule has 0 bridgehead atoms. The zero-order valence-electron chi connectivity index (χ0n) is 21.7. The molecule has 7 heteroatoms. The highest BCUT2D eigenvalue weighted by atomic mass is 16.5. The summed E-state index contributed by atoms with van der Waals surface area (Å²) in [6, 6.07) is 11.5. The number of aliphatic imine (C=N–C) groups is 1. The Balaban J connectivity index is 2.40. The van der Waals surface area contributed by atoms with Crippen molar-refractivity contribution >= 4 is 28.7 Å². The van der Waals surface area contributed by atoms with Crippen LogP contribution in [0.2, 0.25) is 0 Å². The number of amides is 1. The topological polar surface area (TPSA) is 98.3 Å². The van der Waals surface area contributed by atoms with E-state index < -0.39 is 5.91 Å². The summed E-state index contributed by atoms with van der Waals surface area (Å²) in [6.45, 7) is 14.1. The Morgan fingerprint density at radius 1 is 1.15 bits per heavy atom. The lowest BCUT2D eigenvalue weighted by molar-refractivity contribution is -0.110. The maximum Gasteiger partial charge on any atom is 0.278 e. The van der Waals surface area contributed by atoms with Crippen molar-refractivity contribution in [2.24, 2.45) is 15.9 Å². The number of nitrogens with zero attached hydrogens (tertiary/aromatic N) is 2. The third kappa shape index (κ3) is 7.07. The molecule has 1 atom stereocenters. The van der Waals surface area contributed by atoms with Gasteiger partial charge in [-0.25, -0.2) is 4.99 Å². The van der Waals surface area contributed by atoms with Gasteiger partial charge in [0.15, 0.2) is 5.71 Å². The minimum atomic E-state index is -0.463. The first-order valence-corrected chi connectivity index (χ1v) is 11.6. The first-order valence-electron chi connectivity index (χ1n) is 11.6. The number of carbonyl (C=O) groups excluding carboxylic acids is 1. The fourth-order valence-electron chi connectivity index (χ4n) is 3.50. The van der Waals surface area contributed by atoms with Gasteiger partial charge in [-0.05, 0) is 68.0 Å². The van der Waals surface area contributed by atoms with Crippen LogP contribution < -0.4 is 20.6 Å². The van der Waals surface area contributed by atoms with Gasteiger partial charge < -0.3 is 20.6 Å². The van der Waals surface area contributed by atoms with Gasteiger partial charge >= 0.3 is 0 Å². The number of ether oxygens (including phenoxy) is 2. The molecule has 1 amide bonds. The van der Waals surface area contributed by atoms with Gasteiger partial charge in [-0.2, -0.15) is 5.10 Å². The summed E-state index contributed by atoms with van der Waals surface area (Å²) in [5.41, 5.74) is 3.56. The van der Waals surface area contributed by atoms with Crippen molar-refractivity contribution in [3.05, 3.63) is 47.5 Å². The number of anilines is 1. The highest BCUT2D eigenvalue weighted by Crippen LogP contribution is 2.33. The average Bonchev–Trinajstić information content (AvgIpc) is 2.75. The molecule has 7 nitrogen and oxygen atoms in total. The van der Waals surface area contributed by atoms with Crippen molar-refractivity contribution in [3.63, 3.8) is 0 Å². The molecule has 2 aromatic carbocycles. The lowest BCUT2D eigenvalue weighted by atomic mass is 9.87. The second-order valence-corrected chi connectivity index (χ2v) is 9.48. The number of methoxy groups -OCH3 is 1. The molecule has 0 aromatic heterocycles. The second kappa shape index (κ2) is 11.7. The number of hydrogen-bond donors (Lipinski definition) is 2. The van der Waals surface area contributed by atoms with E-state index in [1.165, 1.54) is 0 Å². The molecule has 3 N–H and O–H groups in total. The molecule has 0 fully saturated rings. The summed E-state index contributed by atoms with van der Waals surface area (Å²) in [7, 11) is 1.58. The molecule has 0 aliphatic rings. The first kappa shape index (κ1) is 26.9. The predicted octanol–water partition coefficient (Wildman–Crippen LogP) is 5.91. The van der Waals surface area contributed by atoms with E-state index in [9.17, 15) is 4.79 Å². The minimum Gasteiger partial charge on any atom is -0.494 e. The van der Waals surface area contributed by atoms with Gasteiger partial charge in [0.25, 0.3) is 5.91 Å². The molecular weight excluding hydrogens is 428 g/mol. The van der Waals surface area contributed by atoms with Crippen LogP contribution in [0.1, 0.15) is 65.5 Å². The van der Waals surface area contributed by atoms with Gasteiger partial charge in [0.05, 0.1) is 24.6 Å². The number of nitrogens with one attached hydrogen (secondary N) is 1. The van der Waals surface area contributed by atoms with Crippen LogP contribution in [0.4, 0.5) is 11.4 Å². The minimum absolute atomic E-state index is 0.0147. The van der Waals surface area contributed by atoms with E-state index >= 15 is 0 Å². The first-order chi connectivity index (χ1) is 16.0. The molecule has 0 radical (unpaired) electrons. The standard InChI is InChI=1S/C27H38N4O3/c1-9-10-18(3)34-24-14-12-20(27(5,6)7)16-22(24)30-26(32)25(31-28)19(4)29-21-15-17(2)11-13-23(21)33-8/h11-16,18H,9-10,28H2,1-8H3,(H,30,32)/b29-19?,31-25+. The van der Waals surface area contributed by atoms with Crippen molar-refractivity contribution in [2.45, 2.75) is 72.8 Å². The third-order valence-electron chi connectivity index (χ3n) is 5.43. The Bertz CT molecular complexity index is 1070. The van der Waals surface area contributed by atoms with Crippen LogP contribution in [-0.2, 0) is 10.2 Å². The van der Waals surface area contributed by atoms with Crippen molar-refractivity contribution in [1.29, 1.82) is 0 Å². The van der Waals surface area contributed by atoms with Crippen molar-refractivity contribution in [2.75, 3.05) is 12.4 Å². The van der Waals surface area contributed by atoms with Crippen LogP contribution >= 0.6 is 0 Å². The maximum absolute atomic E-state index is 13.2. The maximum atomic E-state index is 13.2. The summed E-state index contributed by atoms with van der Waals surface area (Å²) in [5, 5.41) is 6.68. The number of rotatable bonds is 9. The highest BCUT2D eigenvalue weighted by Gasteiger charge is 2.21. The van der Waals surface area contributed by atoms with E-state index in [-0.39, 0.29) is 17.2 Å². The average molecular weight is 467 g/mol. The SMILES string of the molecule is CCCC(C)Oc1ccc(C(C)(C)C)cc1NC(=O)/C(=N/N)C(C)=Nc1cc(C)ccc1OC. The van der Waals surface area contributed by atoms with Crippen molar-refractivity contribution in [3.8, 4) is 11.5 Å².